The SMILES string of the molecule is c1nc(N2CCCNCC2)c2c3c(sc2n1)CCCC3. The van der Waals surface area contributed by atoms with Gasteiger partial charge >= 0.3 is 0 Å². The second-order valence-corrected chi connectivity index (χ2v) is 6.76. The van der Waals surface area contributed by atoms with Crippen molar-refractivity contribution in [3.63, 3.8) is 0 Å². The predicted octanol–water partition coefficient (Wildman–Crippen LogP) is 2.37. The van der Waals surface area contributed by atoms with Gasteiger partial charge in [0.25, 0.3) is 0 Å². The summed E-state index contributed by atoms with van der Waals surface area (Å²) in [7, 11) is 0. The lowest BCUT2D eigenvalue weighted by atomic mass is 9.97. The number of thiophene rings is 1. The first-order valence-corrected chi connectivity index (χ1v) is 8.46. The van der Waals surface area contributed by atoms with E-state index in [1.165, 1.54) is 48.1 Å². The molecule has 1 N–H and O–H groups in total. The fraction of sp³-hybridized carbons (Fsp3) is 0.600. The zero-order valence-corrected chi connectivity index (χ0v) is 12.5. The topological polar surface area (TPSA) is 41.1 Å². The minimum atomic E-state index is 1.05. The second kappa shape index (κ2) is 5.30. The summed E-state index contributed by atoms with van der Waals surface area (Å²) < 4.78 is 0. The summed E-state index contributed by atoms with van der Waals surface area (Å²) in [5, 5.41) is 4.82. The van der Waals surface area contributed by atoms with Gasteiger partial charge in [-0.1, -0.05) is 0 Å². The van der Waals surface area contributed by atoms with E-state index in [-0.39, 0.29) is 0 Å². The Morgan fingerprint density at radius 3 is 3.00 bits per heavy atom. The van der Waals surface area contributed by atoms with Crippen LogP contribution < -0.4 is 10.2 Å². The van der Waals surface area contributed by atoms with Crippen LogP contribution in [0.25, 0.3) is 10.2 Å². The third kappa shape index (κ3) is 2.09. The first-order chi connectivity index (χ1) is 9.93. The molecule has 4 rings (SSSR count). The van der Waals surface area contributed by atoms with Crippen molar-refractivity contribution in [1.29, 1.82) is 0 Å². The molecule has 2 aromatic rings. The molecular weight excluding hydrogens is 268 g/mol. The first kappa shape index (κ1) is 12.5. The fourth-order valence-corrected chi connectivity index (χ4v) is 4.59. The van der Waals surface area contributed by atoms with Crippen LogP contribution in [-0.4, -0.2) is 36.1 Å². The lowest BCUT2D eigenvalue weighted by Gasteiger charge is -2.22. The molecule has 0 spiro atoms. The molecule has 0 bridgehead atoms. The first-order valence-electron chi connectivity index (χ1n) is 7.64. The quantitative estimate of drug-likeness (QED) is 0.874. The van der Waals surface area contributed by atoms with Gasteiger partial charge in [-0.25, -0.2) is 9.97 Å². The Morgan fingerprint density at radius 1 is 1.05 bits per heavy atom. The van der Waals surface area contributed by atoms with Crippen LogP contribution in [0.15, 0.2) is 6.33 Å². The van der Waals surface area contributed by atoms with Gasteiger partial charge in [0, 0.05) is 24.5 Å². The number of nitrogens with zero attached hydrogens (tertiary/aromatic N) is 3. The van der Waals surface area contributed by atoms with Crippen LogP contribution in [0.1, 0.15) is 29.7 Å². The minimum absolute atomic E-state index is 1.05. The molecule has 20 heavy (non-hydrogen) atoms. The predicted molar refractivity (Wildman–Crippen MR) is 83.8 cm³/mol. The Labute approximate surface area is 123 Å². The number of aryl methyl sites for hydroxylation is 2. The third-order valence-corrected chi connectivity index (χ3v) is 5.57. The van der Waals surface area contributed by atoms with E-state index in [4.69, 9.17) is 0 Å². The molecule has 2 aliphatic rings. The molecule has 0 saturated carbocycles. The summed E-state index contributed by atoms with van der Waals surface area (Å²) in [5.41, 5.74) is 1.55. The Bertz CT molecular complexity index is 614. The maximum atomic E-state index is 4.65. The highest BCUT2D eigenvalue weighted by molar-refractivity contribution is 7.19. The van der Waals surface area contributed by atoms with Gasteiger partial charge in [0.1, 0.15) is 17.0 Å². The molecule has 5 heteroatoms. The molecule has 3 heterocycles. The van der Waals surface area contributed by atoms with E-state index < -0.39 is 0 Å². The van der Waals surface area contributed by atoms with Crippen LogP contribution in [0.2, 0.25) is 0 Å². The van der Waals surface area contributed by atoms with Gasteiger partial charge in [-0.2, -0.15) is 0 Å². The van der Waals surface area contributed by atoms with Crippen molar-refractivity contribution in [2.75, 3.05) is 31.1 Å². The van der Waals surface area contributed by atoms with Crippen molar-refractivity contribution in [1.82, 2.24) is 15.3 Å². The van der Waals surface area contributed by atoms with E-state index in [0.29, 0.717) is 0 Å². The summed E-state index contributed by atoms with van der Waals surface area (Å²) in [6.07, 6.45) is 8.03. The average molecular weight is 288 g/mol. The van der Waals surface area contributed by atoms with E-state index in [0.717, 1.165) is 26.2 Å². The van der Waals surface area contributed by atoms with Crippen LogP contribution in [-0.2, 0) is 12.8 Å². The Morgan fingerprint density at radius 2 is 2.00 bits per heavy atom. The summed E-state index contributed by atoms with van der Waals surface area (Å²) >= 11 is 1.89. The Balaban J connectivity index is 1.83. The molecular formula is C15H20N4S. The molecule has 0 unspecified atom stereocenters. The van der Waals surface area contributed by atoms with E-state index >= 15 is 0 Å². The number of nitrogens with one attached hydrogen (secondary N) is 1. The molecule has 0 amide bonds. The number of aromatic nitrogens is 2. The smallest absolute Gasteiger partial charge is 0.141 e. The van der Waals surface area contributed by atoms with Gasteiger partial charge < -0.3 is 10.2 Å². The minimum Gasteiger partial charge on any atom is -0.355 e. The van der Waals surface area contributed by atoms with Gasteiger partial charge in [-0.15, -0.1) is 11.3 Å². The Hall–Kier alpha value is -1.20. The summed E-state index contributed by atoms with van der Waals surface area (Å²) in [6, 6.07) is 0. The van der Waals surface area contributed by atoms with E-state index in [1.54, 1.807) is 16.8 Å². The van der Waals surface area contributed by atoms with Gasteiger partial charge in [0.05, 0.1) is 5.39 Å². The van der Waals surface area contributed by atoms with E-state index in [1.807, 2.05) is 11.3 Å². The number of hydrogen-bond donors (Lipinski definition) is 1. The van der Waals surface area contributed by atoms with Crippen LogP contribution in [0.4, 0.5) is 5.82 Å². The van der Waals surface area contributed by atoms with Crippen molar-refractivity contribution in [3.05, 3.63) is 16.8 Å². The Kier molecular flexibility index (Phi) is 3.32. The van der Waals surface area contributed by atoms with E-state index in [9.17, 15) is 0 Å². The highest BCUT2D eigenvalue weighted by Crippen LogP contribution is 2.39. The highest BCUT2D eigenvalue weighted by atomic mass is 32.1. The molecule has 0 aromatic carbocycles. The van der Waals surface area contributed by atoms with Crippen molar-refractivity contribution >= 4 is 27.4 Å². The molecule has 2 aromatic heterocycles. The third-order valence-electron chi connectivity index (χ3n) is 4.37. The maximum absolute atomic E-state index is 4.65. The normalized spacial score (nSPS) is 19.9. The fourth-order valence-electron chi connectivity index (χ4n) is 3.37. The molecule has 0 radical (unpaired) electrons. The highest BCUT2D eigenvalue weighted by Gasteiger charge is 2.22. The number of rotatable bonds is 1. The summed E-state index contributed by atoms with van der Waals surface area (Å²) in [4.78, 5) is 14.4. The summed E-state index contributed by atoms with van der Waals surface area (Å²) in [6.45, 7) is 4.32. The van der Waals surface area contributed by atoms with Crippen molar-refractivity contribution in [3.8, 4) is 0 Å². The number of hydrogen-bond acceptors (Lipinski definition) is 5. The molecule has 0 atom stereocenters. The number of fused-ring (bicyclic) bond motifs is 3. The van der Waals surface area contributed by atoms with Crippen LogP contribution in [0.5, 0.6) is 0 Å². The standard InChI is InChI=1S/C15H20N4S/c1-2-5-12-11(4-1)13-14(17-10-18-15(13)20-12)19-8-3-6-16-7-9-19/h10,16H,1-9H2. The summed E-state index contributed by atoms with van der Waals surface area (Å²) in [5.74, 6) is 1.18. The van der Waals surface area contributed by atoms with Gasteiger partial charge in [-0.05, 0) is 44.2 Å². The molecule has 1 fully saturated rings. The average Bonchev–Trinajstić information content (AvgIpc) is 2.68. The van der Waals surface area contributed by atoms with E-state index in [2.05, 4.69) is 20.2 Å². The molecule has 1 saturated heterocycles. The molecule has 1 aliphatic carbocycles. The largest absolute Gasteiger partial charge is 0.355 e. The monoisotopic (exact) mass is 288 g/mol. The lowest BCUT2D eigenvalue weighted by molar-refractivity contribution is 0.699. The molecule has 4 nitrogen and oxygen atoms in total. The van der Waals surface area contributed by atoms with Gasteiger partial charge in [-0.3, -0.25) is 0 Å². The molecule has 1 aliphatic heterocycles. The van der Waals surface area contributed by atoms with Crippen LogP contribution in [0, 0.1) is 0 Å². The van der Waals surface area contributed by atoms with Gasteiger partial charge in [0.15, 0.2) is 0 Å². The zero-order valence-electron chi connectivity index (χ0n) is 11.7. The molecule has 106 valence electrons. The second-order valence-electron chi connectivity index (χ2n) is 5.68. The van der Waals surface area contributed by atoms with Crippen molar-refractivity contribution < 1.29 is 0 Å². The van der Waals surface area contributed by atoms with Crippen molar-refractivity contribution in [2.45, 2.75) is 32.1 Å². The number of anilines is 1. The lowest BCUT2D eigenvalue weighted by Crippen LogP contribution is -2.28. The zero-order chi connectivity index (χ0) is 13.4. The van der Waals surface area contributed by atoms with Gasteiger partial charge in [0.2, 0.25) is 0 Å². The van der Waals surface area contributed by atoms with Crippen LogP contribution in [0.3, 0.4) is 0 Å². The van der Waals surface area contributed by atoms with Crippen LogP contribution >= 0.6 is 11.3 Å². The van der Waals surface area contributed by atoms with Crippen molar-refractivity contribution in [2.24, 2.45) is 0 Å². The maximum Gasteiger partial charge on any atom is 0.141 e.